The summed E-state index contributed by atoms with van der Waals surface area (Å²) in [6, 6.07) is 16.7. The zero-order chi connectivity index (χ0) is 19.3. The molecule has 2 heterocycles. The highest BCUT2D eigenvalue weighted by Crippen LogP contribution is 2.36. The highest BCUT2D eigenvalue weighted by atomic mass is 35.5. The van der Waals surface area contributed by atoms with Gasteiger partial charge < -0.3 is 14.2 Å². The number of aromatic nitrogens is 3. The Balaban J connectivity index is 1.65. The molecule has 6 nitrogen and oxygen atoms in total. The van der Waals surface area contributed by atoms with Gasteiger partial charge in [0.1, 0.15) is 23.8 Å². The maximum atomic E-state index is 5.92. The van der Waals surface area contributed by atoms with Crippen molar-refractivity contribution < 1.29 is 14.2 Å². The second-order valence-electron chi connectivity index (χ2n) is 5.89. The van der Waals surface area contributed by atoms with Crippen LogP contribution >= 0.6 is 11.6 Å². The molecule has 0 fully saturated rings. The lowest BCUT2D eigenvalue weighted by Crippen LogP contribution is -1.99. The number of hydrogen-bond acceptors (Lipinski definition) is 6. The van der Waals surface area contributed by atoms with Gasteiger partial charge in [0.05, 0.1) is 18.0 Å². The first-order valence-corrected chi connectivity index (χ1v) is 8.89. The number of halogens is 1. The first-order chi connectivity index (χ1) is 13.7. The summed E-state index contributed by atoms with van der Waals surface area (Å²) in [6.45, 7) is 0.322. The largest absolute Gasteiger partial charge is 0.493 e. The Labute approximate surface area is 166 Å². The molecule has 4 rings (SSSR count). The fourth-order valence-electron chi connectivity index (χ4n) is 2.69. The SMILES string of the molecule is COc1cc2c(Oc3ccccc3)ncnc2cc1OCc1ccnc(Cl)c1. The molecule has 0 radical (unpaired) electrons. The van der Waals surface area contributed by atoms with Crippen LogP contribution in [0.25, 0.3) is 10.9 Å². The maximum absolute atomic E-state index is 5.92. The van der Waals surface area contributed by atoms with Crippen LogP contribution in [-0.2, 0) is 6.61 Å². The number of nitrogens with zero attached hydrogens (tertiary/aromatic N) is 3. The molecule has 2 aromatic heterocycles. The van der Waals surface area contributed by atoms with E-state index in [0.29, 0.717) is 40.4 Å². The summed E-state index contributed by atoms with van der Waals surface area (Å²) >= 11 is 5.92. The van der Waals surface area contributed by atoms with Gasteiger partial charge in [-0.15, -0.1) is 0 Å². The van der Waals surface area contributed by atoms with Crippen molar-refractivity contribution in [1.29, 1.82) is 0 Å². The number of methoxy groups -OCH3 is 1. The van der Waals surface area contributed by atoms with E-state index in [9.17, 15) is 0 Å². The fraction of sp³-hybridized carbons (Fsp3) is 0.0952. The number of hydrogen-bond donors (Lipinski definition) is 0. The van der Waals surface area contributed by atoms with Gasteiger partial charge in [-0.25, -0.2) is 15.0 Å². The molecule has 140 valence electrons. The fourth-order valence-corrected chi connectivity index (χ4v) is 2.88. The monoisotopic (exact) mass is 393 g/mol. The summed E-state index contributed by atoms with van der Waals surface area (Å²) < 4.78 is 17.3. The van der Waals surface area contributed by atoms with Crippen molar-refractivity contribution in [2.45, 2.75) is 6.61 Å². The van der Waals surface area contributed by atoms with E-state index in [4.69, 9.17) is 25.8 Å². The van der Waals surface area contributed by atoms with Gasteiger partial charge in [-0.2, -0.15) is 0 Å². The quantitative estimate of drug-likeness (QED) is 0.427. The summed E-state index contributed by atoms with van der Waals surface area (Å²) in [5, 5.41) is 1.14. The summed E-state index contributed by atoms with van der Waals surface area (Å²) in [6.07, 6.45) is 3.10. The Kier molecular flexibility index (Phi) is 5.21. The molecule has 0 saturated carbocycles. The molecule has 4 aromatic rings. The van der Waals surface area contributed by atoms with E-state index in [1.54, 1.807) is 25.4 Å². The van der Waals surface area contributed by atoms with Crippen molar-refractivity contribution in [3.05, 3.63) is 77.8 Å². The van der Waals surface area contributed by atoms with E-state index in [0.717, 1.165) is 10.9 Å². The molecule has 0 unspecified atom stereocenters. The van der Waals surface area contributed by atoms with Crippen LogP contribution in [0.2, 0.25) is 5.15 Å². The Morgan fingerprint density at radius 1 is 0.929 bits per heavy atom. The summed E-state index contributed by atoms with van der Waals surface area (Å²) in [7, 11) is 1.58. The molecule has 0 bridgehead atoms. The third kappa shape index (κ3) is 3.97. The number of ether oxygens (including phenoxy) is 3. The van der Waals surface area contributed by atoms with Crippen LogP contribution in [0.15, 0.2) is 67.1 Å². The van der Waals surface area contributed by atoms with Crippen LogP contribution in [0.5, 0.6) is 23.1 Å². The topological polar surface area (TPSA) is 66.4 Å². The molecule has 0 aliphatic rings. The molecule has 2 aromatic carbocycles. The molecule has 0 saturated heterocycles. The van der Waals surface area contributed by atoms with Gasteiger partial charge in [0.15, 0.2) is 11.5 Å². The van der Waals surface area contributed by atoms with E-state index in [1.807, 2.05) is 42.5 Å². The predicted molar refractivity (Wildman–Crippen MR) is 106 cm³/mol. The summed E-state index contributed by atoms with van der Waals surface area (Å²) in [5.74, 6) is 2.26. The molecule has 0 spiro atoms. The van der Waals surface area contributed by atoms with Crippen LogP contribution in [0.4, 0.5) is 0 Å². The van der Waals surface area contributed by atoms with Crippen molar-refractivity contribution >= 4 is 22.5 Å². The number of fused-ring (bicyclic) bond motifs is 1. The first kappa shape index (κ1) is 18.0. The number of benzene rings is 2. The highest BCUT2D eigenvalue weighted by Gasteiger charge is 2.13. The molecule has 0 aliphatic heterocycles. The lowest BCUT2D eigenvalue weighted by atomic mass is 10.2. The van der Waals surface area contributed by atoms with Gasteiger partial charge in [0.2, 0.25) is 5.88 Å². The summed E-state index contributed by atoms with van der Waals surface area (Å²) in [4.78, 5) is 12.6. The third-order valence-corrected chi connectivity index (χ3v) is 4.23. The van der Waals surface area contributed by atoms with Crippen molar-refractivity contribution in [3.8, 4) is 23.1 Å². The van der Waals surface area contributed by atoms with Crippen LogP contribution in [0, 0.1) is 0 Å². The first-order valence-electron chi connectivity index (χ1n) is 8.52. The van der Waals surface area contributed by atoms with Crippen molar-refractivity contribution in [1.82, 2.24) is 15.0 Å². The number of para-hydroxylation sites is 1. The van der Waals surface area contributed by atoms with E-state index in [-0.39, 0.29) is 0 Å². The van der Waals surface area contributed by atoms with Crippen LogP contribution < -0.4 is 14.2 Å². The van der Waals surface area contributed by atoms with Crippen LogP contribution in [0.3, 0.4) is 0 Å². The Bertz CT molecular complexity index is 1110. The van der Waals surface area contributed by atoms with Crippen molar-refractivity contribution in [2.75, 3.05) is 7.11 Å². The lowest BCUT2D eigenvalue weighted by Gasteiger charge is -2.13. The predicted octanol–water partition coefficient (Wildman–Crippen LogP) is 5.06. The van der Waals surface area contributed by atoms with Crippen LogP contribution in [-0.4, -0.2) is 22.1 Å². The molecule has 28 heavy (non-hydrogen) atoms. The van der Waals surface area contributed by atoms with Gasteiger partial charge in [-0.1, -0.05) is 29.8 Å². The Hall–Kier alpha value is -3.38. The minimum absolute atomic E-state index is 0.322. The highest BCUT2D eigenvalue weighted by molar-refractivity contribution is 6.29. The van der Waals surface area contributed by atoms with Gasteiger partial charge in [0.25, 0.3) is 0 Å². The lowest BCUT2D eigenvalue weighted by molar-refractivity contribution is 0.285. The normalized spacial score (nSPS) is 10.6. The smallest absolute Gasteiger partial charge is 0.230 e. The molecule has 7 heteroatoms. The maximum Gasteiger partial charge on any atom is 0.230 e. The van der Waals surface area contributed by atoms with Crippen molar-refractivity contribution in [2.24, 2.45) is 0 Å². The molecule has 0 atom stereocenters. The zero-order valence-corrected chi connectivity index (χ0v) is 15.8. The minimum atomic E-state index is 0.322. The van der Waals surface area contributed by atoms with E-state index >= 15 is 0 Å². The summed E-state index contributed by atoms with van der Waals surface area (Å²) in [5.41, 5.74) is 1.59. The standard InChI is InChI=1S/C21H16ClN3O3/c1-26-18-10-16-17(11-19(18)27-12-14-7-8-23-20(22)9-14)24-13-25-21(16)28-15-5-3-2-4-6-15/h2-11,13H,12H2,1H3. The minimum Gasteiger partial charge on any atom is -0.493 e. The molecule has 0 amide bonds. The zero-order valence-electron chi connectivity index (χ0n) is 15.0. The third-order valence-electron chi connectivity index (χ3n) is 4.03. The van der Waals surface area contributed by atoms with Crippen molar-refractivity contribution in [3.63, 3.8) is 0 Å². The molecule has 0 aliphatic carbocycles. The van der Waals surface area contributed by atoms with Gasteiger partial charge in [-0.05, 0) is 35.9 Å². The average Bonchev–Trinajstić information content (AvgIpc) is 2.72. The van der Waals surface area contributed by atoms with Gasteiger partial charge >= 0.3 is 0 Å². The number of rotatable bonds is 6. The van der Waals surface area contributed by atoms with Gasteiger partial charge in [0, 0.05) is 12.3 Å². The average molecular weight is 394 g/mol. The Morgan fingerprint density at radius 3 is 2.57 bits per heavy atom. The molecule has 0 N–H and O–H groups in total. The van der Waals surface area contributed by atoms with E-state index < -0.39 is 0 Å². The van der Waals surface area contributed by atoms with E-state index in [1.165, 1.54) is 6.33 Å². The second-order valence-corrected chi connectivity index (χ2v) is 6.28. The second kappa shape index (κ2) is 8.10. The molecular weight excluding hydrogens is 378 g/mol. The molecular formula is C21H16ClN3O3. The van der Waals surface area contributed by atoms with Crippen LogP contribution in [0.1, 0.15) is 5.56 Å². The van der Waals surface area contributed by atoms with Gasteiger partial charge in [-0.3, -0.25) is 0 Å². The Morgan fingerprint density at radius 2 is 1.79 bits per heavy atom. The van der Waals surface area contributed by atoms with E-state index in [2.05, 4.69) is 15.0 Å². The number of pyridine rings is 1.